The molecule has 132 valence electrons. The summed E-state index contributed by atoms with van der Waals surface area (Å²) in [5.41, 5.74) is 3.87. The summed E-state index contributed by atoms with van der Waals surface area (Å²) in [6, 6.07) is 16.7. The molecule has 0 saturated heterocycles. The molecule has 1 atom stereocenters. The highest BCUT2D eigenvalue weighted by Crippen LogP contribution is 2.19. The summed E-state index contributed by atoms with van der Waals surface area (Å²) in [4.78, 5) is 16.4. The standard InChI is InChI=1S/C19H15BrClN3O2/c1-12(26-16-8-6-15(20)7-9-16)19(25)24-22-11-14-10-13-4-2-3-5-17(13)23-18(14)21/h2-12H,1H3,(H,24,25)/b22-11-/t12-/m1/s1. The van der Waals surface area contributed by atoms with Gasteiger partial charge in [-0.2, -0.15) is 5.10 Å². The number of halogens is 2. The Hall–Kier alpha value is -2.44. The number of para-hydroxylation sites is 1. The second-order valence-corrected chi connectivity index (χ2v) is 6.78. The number of hydrazone groups is 1. The largest absolute Gasteiger partial charge is 0.481 e. The number of carbonyl (C=O) groups excluding carboxylic acids is 1. The van der Waals surface area contributed by atoms with Crippen LogP contribution in [-0.2, 0) is 4.79 Å². The summed E-state index contributed by atoms with van der Waals surface area (Å²) in [5.74, 6) is 0.232. The van der Waals surface area contributed by atoms with Crippen LogP contribution in [0.5, 0.6) is 5.75 Å². The zero-order valence-electron chi connectivity index (χ0n) is 13.8. The molecule has 0 fully saturated rings. The first-order valence-electron chi connectivity index (χ1n) is 7.83. The van der Waals surface area contributed by atoms with Gasteiger partial charge in [-0.15, -0.1) is 0 Å². The Balaban J connectivity index is 1.63. The number of fused-ring (bicyclic) bond motifs is 1. The lowest BCUT2D eigenvalue weighted by atomic mass is 10.2. The molecule has 26 heavy (non-hydrogen) atoms. The van der Waals surface area contributed by atoms with Crippen molar-refractivity contribution in [3.63, 3.8) is 0 Å². The van der Waals surface area contributed by atoms with Gasteiger partial charge < -0.3 is 4.74 Å². The molecular formula is C19H15BrClN3O2. The molecule has 3 aromatic rings. The number of nitrogens with one attached hydrogen (secondary N) is 1. The van der Waals surface area contributed by atoms with E-state index in [4.69, 9.17) is 16.3 Å². The normalized spacial score (nSPS) is 12.3. The summed E-state index contributed by atoms with van der Waals surface area (Å²) in [6.07, 6.45) is 0.768. The minimum atomic E-state index is -0.696. The molecule has 0 bridgehead atoms. The second-order valence-electron chi connectivity index (χ2n) is 5.51. The van der Waals surface area contributed by atoms with Crippen molar-refractivity contribution in [2.75, 3.05) is 0 Å². The smallest absolute Gasteiger partial charge is 0.280 e. The number of rotatable bonds is 5. The van der Waals surface area contributed by atoms with Crippen LogP contribution in [0.2, 0.25) is 5.15 Å². The third-order valence-corrected chi connectivity index (χ3v) is 4.41. The molecule has 3 rings (SSSR count). The Morgan fingerprint density at radius 2 is 2.00 bits per heavy atom. The Morgan fingerprint density at radius 3 is 2.77 bits per heavy atom. The van der Waals surface area contributed by atoms with Crippen molar-refractivity contribution in [1.29, 1.82) is 0 Å². The van der Waals surface area contributed by atoms with Gasteiger partial charge in [0.1, 0.15) is 10.9 Å². The van der Waals surface area contributed by atoms with E-state index in [2.05, 4.69) is 31.4 Å². The fourth-order valence-corrected chi connectivity index (χ4v) is 2.69. The maximum atomic E-state index is 12.1. The molecule has 0 aliphatic rings. The van der Waals surface area contributed by atoms with Gasteiger partial charge in [-0.1, -0.05) is 45.7 Å². The molecule has 0 aliphatic carbocycles. The van der Waals surface area contributed by atoms with Crippen LogP contribution in [0.25, 0.3) is 10.9 Å². The van der Waals surface area contributed by atoms with E-state index in [9.17, 15) is 4.79 Å². The van der Waals surface area contributed by atoms with E-state index >= 15 is 0 Å². The second kappa shape index (κ2) is 8.29. The number of carbonyl (C=O) groups is 1. The van der Waals surface area contributed by atoms with Gasteiger partial charge in [0.25, 0.3) is 5.91 Å². The van der Waals surface area contributed by atoms with Gasteiger partial charge in [0, 0.05) is 15.4 Å². The van der Waals surface area contributed by atoms with Crippen molar-refractivity contribution in [3.05, 3.63) is 69.8 Å². The Morgan fingerprint density at radius 1 is 1.27 bits per heavy atom. The highest BCUT2D eigenvalue weighted by atomic mass is 79.9. The molecule has 1 amide bonds. The van der Waals surface area contributed by atoms with Gasteiger partial charge in [-0.25, -0.2) is 10.4 Å². The van der Waals surface area contributed by atoms with Crippen LogP contribution in [-0.4, -0.2) is 23.2 Å². The Bertz CT molecular complexity index is 961. The third-order valence-electron chi connectivity index (χ3n) is 3.58. The average Bonchev–Trinajstić information content (AvgIpc) is 2.63. The molecule has 0 spiro atoms. The maximum Gasteiger partial charge on any atom is 0.280 e. The lowest BCUT2D eigenvalue weighted by Crippen LogP contribution is -2.33. The van der Waals surface area contributed by atoms with E-state index in [1.165, 1.54) is 6.21 Å². The van der Waals surface area contributed by atoms with Crippen molar-refractivity contribution < 1.29 is 9.53 Å². The zero-order valence-corrected chi connectivity index (χ0v) is 16.2. The maximum absolute atomic E-state index is 12.1. The number of aromatic nitrogens is 1. The summed E-state index contributed by atoms with van der Waals surface area (Å²) >= 11 is 9.51. The van der Waals surface area contributed by atoms with Gasteiger partial charge in [0.15, 0.2) is 6.10 Å². The first-order chi connectivity index (χ1) is 12.5. The van der Waals surface area contributed by atoms with Gasteiger partial charge in [0.2, 0.25) is 0 Å². The first-order valence-corrected chi connectivity index (χ1v) is 9.00. The minimum absolute atomic E-state index is 0.320. The van der Waals surface area contributed by atoms with Crippen LogP contribution in [0, 0.1) is 0 Å². The molecule has 0 aliphatic heterocycles. The lowest BCUT2D eigenvalue weighted by Gasteiger charge is -2.12. The number of benzene rings is 2. The molecule has 1 N–H and O–H groups in total. The van der Waals surface area contributed by atoms with Gasteiger partial charge >= 0.3 is 0 Å². The summed E-state index contributed by atoms with van der Waals surface area (Å²) < 4.78 is 6.51. The summed E-state index contributed by atoms with van der Waals surface area (Å²) in [5, 5.41) is 5.21. The van der Waals surface area contributed by atoms with Crippen molar-refractivity contribution >= 4 is 50.6 Å². The topological polar surface area (TPSA) is 63.6 Å². The van der Waals surface area contributed by atoms with Crippen LogP contribution in [0.1, 0.15) is 12.5 Å². The van der Waals surface area contributed by atoms with Crippen molar-refractivity contribution in [2.45, 2.75) is 13.0 Å². The minimum Gasteiger partial charge on any atom is -0.481 e. The van der Waals surface area contributed by atoms with Gasteiger partial charge in [-0.3, -0.25) is 4.79 Å². The van der Waals surface area contributed by atoms with Crippen LogP contribution in [0.15, 0.2) is 64.2 Å². The van der Waals surface area contributed by atoms with Crippen LogP contribution < -0.4 is 10.2 Å². The number of ether oxygens (including phenoxy) is 1. The predicted octanol–water partition coefficient (Wildman–Crippen LogP) is 4.57. The van der Waals surface area contributed by atoms with Gasteiger partial charge in [0.05, 0.1) is 11.7 Å². The SMILES string of the molecule is C[C@@H](Oc1ccc(Br)cc1)C(=O)N/N=C\c1cc2ccccc2nc1Cl. The van der Waals surface area contributed by atoms with E-state index in [0.29, 0.717) is 16.5 Å². The Labute approximate surface area is 164 Å². The summed E-state index contributed by atoms with van der Waals surface area (Å²) in [6.45, 7) is 1.65. The zero-order chi connectivity index (χ0) is 18.5. The fraction of sp³-hybridized carbons (Fsp3) is 0.105. The third kappa shape index (κ3) is 4.59. The molecular weight excluding hydrogens is 418 g/mol. The van der Waals surface area contributed by atoms with E-state index in [0.717, 1.165) is 15.4 Å². The monoisotopic (exact) mass is 431 g/mol. The number of amides is 1. The van der Waals surface area contributed by atoms with E-state index < -0.39 is 6.10 Å². The van der Waals surface area contributed by atoms with E-state index in [-0.39, 0.29) is 5.91 Å². The van der Waals surface area contributed by atoms with Crippen molar-refractivity contribution in [1.82, 2.24) is 10.4 Å². The highest BCUT2D eigenvalue weighted by Gasteiger charge is 2.14. The number of hydrogen-bond acceptors (Lipinski definition) is 4. The highest BCUT2D eigenvalue weighted by molar-refractivity contribution is 9.10. The number of pyridine rings is 1. The van der Waals surface area contributed by atoms with E-state index in [1.807, 2.05) is 42.5 Å². The van der Waals surface area contributed by atoms with E-state index in [1.54, 1.807) is 19.1 Å². The molecule has 5 nitrogen and oxygen atoms in total. The molecule has 7 heteroatoms. The number of nitrogens with zero attached hydrogens (tertiary/aromatic N) is 2. The van der Waals surface area contributed by atoms with Crippen LogP contribution in [0.3, 0.4) is 0 Å². The quantitative estimate of drug-likeness (QED) is 0.365. The predicted molar refractivity (Wildman–Crippen MR) is 107 cm³/mol. The summed E-state index contributed by atoms with van der Waals surface area (Å²) in [7, 11) is 0. The molecule has 2 aromatic carbocycles. The molecule has 1 heterocycles. The lowest BCUT2D eigenvalue weighted by molar-refractivity contribution is -0.127. The number of hydrogen-bond donors (Lipinski definition) is 1. The molecule has 0 unspecified atom stereocenters. The first kappa shape index (κ1) is 18.4. The van der Waals surface area contributed by atoms with Crippen molar-refractivity contribution in [2.24, 2.45) is 5.10 Å². The average molecular weight is 433 g/mol. The molecule has 1 aromatic heterocycles. The fourth-order valence-electron chi connectivity index (χ4n) is 2.23. The Kier molecular flexibility index (Phi) is 5.85. The van der Waals surface area contributed by atoms with Crippen molar-refractivity contribution in [3.8, 4) is 5.75 Å². The molecule has 0 saturated carbocycles. The molecule has 0 radical (unpaired) electrons. The van der Waals surface area contributed by atoms with Crippen LogP contribution >= 0.6 is 27.5 Å². The van der Waals surface area contributed by atoms with Crippen LogP contribution in [0.4, 0.5) is 0 Å². The van der Waals surface area contributed by atoms with Gasteiger partial charge in [-0.05, 0) is 43.3 Å².